The van der Waals surface area contributed by atoms with Gasteiger partial charge in [-0.25, -0.2) is 0 Å². The number of nitrogens with zero attached hydrogens (tertiary/aromatic N) is 1. The van der Waals surface area contributed by atoms with Crippen LogP contribution in [0.4, 0.5) is 0 Å². The Morgan fingerprint density at radius 1 is 1.44 bits per heavy atom. The fourth-order valence-electron chi connectivity index (χ4n) is 2.25. The van der Waals surface area contributed by atoms with Gasteiger partial charge in [-0.15, -0.1) is 0 Å². The molecule has 1 aliphatic rings. The molecule has 0 amide bonds. The average molecular weight is 269 g/mol. The molecule has 1 heterocycles. The van der Waals surface area contributed by atoms with Crippen LogP contribution in [0.1, 0.15) is 13.8 Å². The second kappa shape index (κ2) is 6.41. The van der Waals surface area contributed by atoms with Gasteiger partial charge in [0, 0.05) is 36.7 Å². The zero-order valence-corrected chi connectivity index (χ0v) is 11.8. The van der Waals surface area contributed by atoms with Gasteiger partial charge in [-0.1, -0.05) is 17.7 Å². The zero-order valence-electron chi connectivity index (χ0n) is 11.0. The number of ether oxygens (including phenoxy) is 1. The van der Waals surface area contributed by atoms with Crippen molar-refractivity contribution in [3.05, 3.63) is 29.3 Å². The summed E-state index contributed by atoms with van der Waals surface area (Å²) in [7, 11) is 0. The molecule has 3 nitrogen and oxygen atoms in total. The quantitative estimate of drug-likeness (QED) is 0.908. The Labute approximate surface area is 114 Å². The maximum absolute atomic E-state index is 5.92. The molecule has 0 saturated carbocycles. The Bertz CT molecular complexity index is 386. The van der Waals surface area contributed by atoms with Crippen LogP contribution in [-0.2, 0) is 0 Å². The molecule has 2 unspecified atom stereocenters. The maximum Gasteiger partial charge on any atom is 0.120 e. The van der Waals surface area contributed by atoms with Crippen LogP contribution in [0.15, 0.2) is 24.3 Å². The highest BCUT2D eigenvalue weighted by molar-refractivity contribution is 6.30. The SMILES string of the molecule is CC1CN(CCOc2cccc(Cl)c2)C(C)CN1. The Morgan fingerprint density at radius 2 is 2.28 bits per heavy atom. The van der Waals surface area contributed by atoms with Crippen LogP contribution in [-0.4, -0.2) is 43.2 Å². The van der Waals surface area contributed by atoms with Gasteiger partial charge in [-0.2, -0.15) is 0 Å². The predicted octanol–water partition coefficient (Wildman–Crippen LogP) is 2.40. The molecule has 0 spiro atoms. The molecular formula is C14H21ClN2O. The topological polar surface area (TPSA) is 24.5 Å². The molecule has 1 saturated heterocycles. The molecule has 1 aliphatic heterocycles. The zero-order chi connectivity index (χ0) is 13.0. The van der Waals surface area contributed by atoms with E-state index in [1.54, 1.807) is 0 Å². The van der Waals surface area contributed by atoms with Crippen LogP contribution in [0, 0.1) is 0 Å². The lowest BCUT2D eigenvalue weighted by atomic mass is 10.1. The summed E-state index contributed by atoms with van der Waals surface area (Å²) in [5.41, 5.74) is 0. The second-order valence-electron chi connectivity index (χ2n) is 4.96. The minimum Gasteiger partial charge on any atom is -0.492 e. The van der Waals surface area contributed by atoms with Crippen molar-refractivity contribution in [2.75, 3.05) is 26.2 Å². The lowest BCUT2D eigenvalue weighted by Gasteiger charge is -2.37. The average Bonchev–Trinajstić information content (AvgIpc) is 2.34. The molecule has 2 atom stereocenters. The van der Waals surface area contributed by atoms with Crippen LogP contribution in [0.5, 0.6) is 5.75 Å². The second-order valence-corrected chi connectivity index (χ2v) is 5.40. The molecule has 2 rings (SSSR count). The van der Waals surface area contributed by atoms with Crippen molar-refractivity contribution in [1.29, 1.82) is 0 Å². The standard InChI is InChI=1S/C14H21ClN2O/c1-11-10-17(12(2)9-16-11)6-7-18-14-5-3-4-13(15)8-14/h3-5,8,11-12,16H,6-7,9-10H2,1-2H3. The summed E-state index contributed by atoms with van der Waals surface area (Å²) in [5, 5.41) is 4.20. The number of nitrogens with one attached hydrogen (secondary N) is 1. The first-order chi connectivity index (χ1) is 8.65. The van der Waals surface area contributed by atoms with Crippen molar-refractivity contribution in [1.82, 2.24) is 10.2 Å². The normalized spacial score (nSPS) is 25.1. The van der Waals surface area contributed by atoms with Gasteiger partial charge in [0.25, 0.3) is 0 Å². The Morgan fingerprint density at radius 3 is 3.06 bits per heavy atom. The fourth-order valence-corrected chi connectivity index (χ4v) is 2.43. The molecular weight excluding hydrogens is 248 g/mol. The van der Waals surface area contributed by atoms with Crippen molar-refractivity contribution < 1.29 is 4.74 Å². The third-order valence-electron chi connectivity index (χ3n) is 3.34. The fraction of sp³-hybridized carbons (Fsp3) is 0.571. The third-order valence-corrected chi connectivity index (χ3v) is 3.57. The smallest absolute Gasteiger partial charge is 0.120 e. The minimum atomic E-state index is 0.562. The molecule has 0 aromatic heterocycles. The van der Waals surface area contributed by atoms with E-state index in [0.717, 1.165) is 30.4 Å². The maximum atomic E-state index is 5.92. The van der Waals surface area contributed by atoms with Gasteiger partial charge in [-0.05, 0) is 32.0 Å². The Kier molecular flexibility index (Phi) is 4.87. The molecule has 100 valence electrons. The van der Waals surface area contributed by atoms with E-state index < -0.39 is 0 Å². The van der Waals surface area contributed by atoms with Crippen LogP contribution in [0.2, 0.25) is 5.02 Å². The molecule has 0 radical (unpaired) electrons. The molecule has 0 aliphatic carbocycles. The lowest BCUT2D eigenvalue weighted by molar-refractivity contribution is 0.123. The first kappa shape index (κ1) is 13.7. The largest absolute Gasteiger partial charge is 0.492 e. The van der Waals surface area contributed by atoms with Crippen LogP contribution in [0.3, 0.4) is 0 Å². The van der Waals surface area contributed by atoms with Crippen LogP contribution in [0.25, 0.3) is 0 Å². The monoisotopic (exact) mass is 268 g/mol. The number of halogens is 1. The molecule has 4 heteroatoms. The summed E-state index contributed by atoms with van der Waals surface area (Å²) in [6.45, 7) is 8.27. The summed E-state index contributed by atoms with van der Waals surface area (Å²) < 4.78 is 5.73. The van der Waals surface area contributed by atoms with Crippen molar-refractivity contribution >= 4 is 11.6 Å². The molecule has 1 aromatic rings. The highest BCUT2D eigenvalue weighted by Crippen LogP contribution is 2.17. The van der Waals surface area contributed by atoms with E-state index in [4.69, 9.17) is 16.3 Å². The third kappa shape index (κ3) is 3.87. The van der Waals surface area contributed by atoms with Crippen molar-refractivity contribution in [2.45, 2.75) is 25.9 Å². The van der Waals surface area contributed by atoms with Crippen molar-refractivity contribution in [3.8, 4) is 5.75 Å². The molecule has 0 bridgehead atoms. The summed E-state index contributed by atoms with van der Waals surface area (Å²) in [6, 6.07) is 8.69. The number of benzene rings is 1. The van der Waals surface area contributed by atoms with Crippen molar-refractivity contribution in [3.63, 3.8) is 0 Å². The number of hydrogen-bond acceptors (Lipinski definition) is 3. The number of hydrogen-bond donors (Lipinski definition) is 1. The Hall–Kier alpha value is -0.770. The molecule has 18 heavy (non-hydrogen) atoms. The Balaban J connectivity index is 1.77. The summed E-state index contributed by atoms with van der Waals surface area (Å²) >= 11 is 5.92. The highest BCUT2D eigenvalue weighted by atomic mass is 35.5. The minimum absolute atomic E-state index is 0.562. The first-order valence-corrected chi connectivity index (χ1v) is 6.89. The van der Waals surface area contributed by atoms with Gasteiger partial charge < -0.3 is 10.1 Å². The van der Waals surface area contributed by atoms with Crippen molar-refractivity contribution in [2.24, 2.45) is 0 Å². The van der Waals surface area contributed by atoms with E-state index in [0.29, 0.717) is 18.7 Å². The van der Waals surface area contributed by atoms with E-state index in [1.807, 2.05) is 24.3 Å². The number of rotatable bonds is 4. The van der Waals surface area contributed by atoms with Gasteiger partial charge in [0.15, 0.2) is 0 Å². The predicted molar refractivity (Wildman–Crippen MR) is 75.4 cm³/mol. The first-order valence-electron chi connectivity index (χ1n) is 6.51. The van der Waals surface area contributed by atoms with Crippen LogP contribution < -0.4 is 10.1 Å². The van der Waals surface area contributed by atoms with Gasteiger partial charge in [0.05, 0.1) is 0 Å². The summed E-state index contributed by atoms with van der Waals surface area (Å²) in [5.74, 6) is 0.846. The van der Waals surface area contributed by atoms with Gasteiger partial charge >= 0.3 is 0 Å². The molecule has 1 aromatic carbocycles. The van der Waals surface area contributed by atoms with Gasteiger partial charge in [-0.3, -0.25) is 4.90 Å². The van der Waals surface area contributed by atoms with E-state index in [9.17, 15) is 0 Å². The highest BCUT2D eigenvalue weighted by Gasteiger charge is 2.21. The van der Waals surface area contributed by atoms with Crippen LogP contribution >= 0.6 is 11.6 Å². The van der Waals surface area contributed by atoms with E-state index in [2.05, 4.69) is 24.1 Å². The molecule has 1 fully saturated rings. The van der Waals surface area contributed by atoms with E-state index in [1.165, 1.54) is 0 Å². The number of piperazine rings is 1. The summed E-state index contributed by atoms with van der Waals surface area (Å²) in [4.78, 5) is 2.46. The van der Waals surface area contributed by atoms with E-state index >= 15 is 0 Å². The van der Waals surface area contributed by atoms with Gasteiger partial charge in [0.2, 0.25) is 0 Å². The molecule has 1 N–H and O–H groups in total. The lowest BCUT2D eigenvalue weighted by Crippen LogP contribution is -2.55. The van der Waals surface area contributed by atoms with E-state index in [-0.39, 0.29) is 0 Å². The van der Waals surface area contributed by atoms with Gasteiger partial charge in [0.1, 0.15) is 12.4 Å². The summed E-state index contributed by atoms with van der Waals surface area (Å²) in [6.07, 6.45) is 0.